The number of hydrogen-bond donors (Lipinski definition) is 1. The van der Waals surface area contributed by atoms with Crippen LogP contribution in [0.5, 0.6) is 0 Å². The molecule has 1 saturated heterocycles. The van der Waals surface area contributed by atoms with Crippen LogP contribution < -0.4 is 15.1 Å². The van der Waals surface area contributed by atoms with Crippen LogP contribution in [-0.4, -0.2) is 53.2 Å². The highest BCUT2D eigenvalue weighted by atomic mass is 15.3. The maximum absolute atomic E-state index is 4.59. The molecule has 1 N–H and O–H groups in total. The minimum Gasteiger partial charge on any atom is -0.363 e. The van der Waals surface area contributed by atoms with E-state index in [2.05, 4.69) is 30.2 Å². The summed E-state index contributed by atoms with van der Waals surface area (Å²) in [5.41, 5.74) is 2.02. The lowest BCUT2D eigenvalue weighted by molar-refractivity contribution is 0.519. The molecule has 3 rings (SSSR count). The molecule has 0 aliphatic carbocycles. The first-order valence-corrected chi connectivity index (χ1v) is 8.35. The molecule has 0 radical (unpaired) electrons. The van der Waals surface area contributed by atoms with Gasteiger partial charge in [0.05, 0.1) is 0 Å². The van der Waals surface area contributed by atoms with Crippen molar-refractivity contribution in [3.05, 3.63) is 29.7 Å². The summed E-state index contributed by atoms with van der Waals surface area (Å²) in [4.78, 5) is 22.3. The lowest BCUT2D eigenvalue weighted by atomic mass is 10.1. The molecule has 0 spiro atoms. The van der Waals surface area contributed by atoms with E-state index in [9.17, 15) is 0 Å². The normalized spacial score (nSPS) is 17.7. The van der Waals surface area contributed by atoms with Crippen molar-refractivity contribution in [3.8, 4) is 0 Å². The van der Waals surface area contributed by atoms with Gasteiger partial charge in [-0.1, -0.05) is 0 Å². The van der Waals surface area contributed by atoms with Gasteiger partial charge in [0.1, 0.15) is 5.82 Å². The zero-order chi connectivity index (χ0) is 17.1. The van der Waals surface area contributed by atoms with Crippen molar-refractivity contribution in [2.45, 2.75) is 32.7 Å². The summed E-state index contributed by atoms with van der Waals surface area (Å²) < 4.78 is 0. The minimum absolute atomic E-state index is 0.292. The topological polar surface area (TPSA) is 70.1 Å². The molecule has 2 aromatic rings. The third kappa shape index (κ3) is 3.90. The van der Waals surface area contributed by atoms with Gasteiger partial charge in [0.2, 0.25) is 11.9 Å². The quantitative estimate of drug-likeness (QED) is 0.921. The van der Waals surface area contributed by atoms with Crippen molar-refractivity contribution in [2.24, 2.45) is 0 Å². The Bertz CT molecular complexity index is 681. The summed E-state index contributed by atoms with van der Waals surface area (Å²) in [7, 11) is 3.96. The highest BCUT2D eigenvalue weighted by molar-refractivity contribution is 5.42. The molecule has 7 heteroatoms. The van der Waals surface area contributed by atoms with Gasteiger partial charge in [0.25, 0.3) is 0 Å². The first kappa shape index (κ1) is 16.4. The number of anilines is 3. The monoisotopic (exact) mass is 327 g/mol. The molecule has 1 fully saturated rings. The Labute approximate surface area is 143 Å². The molecule has 1 aliphatic rings. The van der Waals surface area contributed by atoms with E-state index in [0.717, 1.165) is 49.1 Å². The second kappa shape index (κ2) is 6.98. The molecular weight excluding hydrogens is 302 g/mol. The van der Waals surface area contributed by atoms with Crippen LogP contribution in [0.3, 0.4) is 0 Å². The van der Waals surface area contributed by atoms with Crippen LogP contribution >= 0.6 is 0 Å². The number of piperidine rings is 1. The zero-order valence-corrected chi connectivity index (χ0v) is 14.8. The van der Waals surface area contributed by atoms with Crippen molar-refractivity contribution in [1.82, 2.24) is 19.9 Å². The Kier molecular flexibility index (Phi) is 4.78. The van der Waals surface area contributed by atoms with Crippen molar-refractivity contribution in [1.29, 1.82) is 0 Å². The van der Waals surface area contributed by atoms with Gasteiger partial charge in [-0.25, -0.2) is 15.0 Å². The summed E-state index contributed by atoms with van der Waals surface area (Å²) in [6.45, 7) is 5.87. The molecular formula is C17H25N7. The molecule has 3 heterocycles. The third-order valence-corrected chi connectivity index (χ3v) is 4.11. The molecule has 0 amide bonds. The van der Waals surface area contributed by atoms with E-state index in [4.69, 9.17) is 0 Å². The summed E-state index contributed by atoms with van der Waals surface area (Å²) in [5, 5.41) is 3.46. The van der Waals surface area contributed by atoms with Crippen molar-refractivity contribution in [2.75, 3.05) is 42.3 Å². The van der Waals surface area contributed by atoms with Crippen molar-refractivity contribution in [3.63, 3.8) is 0 Å². The maximum atomic E-state index is 4.59. The first-order valence-electron chi connectivity index (χ1n) is 8.35. The number of rotatable bonds is 4. The maximum Gasteiger partial charge on any atom is 0.225 e. The lowest BCUT2D eigenvalue weighted by Crippen LogP contribution is -2.43. The van der Waals surface area contributed by atoms with E-state index < -0.39 is 0 Å². The second-order valence-corrected chi connectivity index (χ2v) is 6.51. The standard InChI is InChI=1S/C17H25N7/c1-12-10-13(2)20-17(19-12)24-9-5-6-14(11-24)21-16-18-8-7-15(22-16)23(3)4/h7-8,10,14H,5-6,9,11H2,1-4H3,(H,18,21,22). The average Bonchev–Trinajstić information content (AvgIpc) is 2.54. The smallest absolute Gasteiger partial charge is 0.225 e. The van der Waals surface area contributed by atoms with E-state index in [0.29, 0.717) is 12.0 Å². The predicted octanol–water partition coefficient (Wildman–Crippen LogP) is 2.03. The van der Waals surface area contributed by atoms with E-state index >= 15 is 0 Å². The number of aryl methyl sites for hydroxylation is 2. The molecule has 2 aromatic heterocycles. The van der Waals surface area contributed by atoms with Gasteiger partial charge in [0, 0.05) is 50.8 Å². The van der Waals surface area contributed by atoms with Gasteiger partial charge >= 0.3 is 0 Å². The van der Waals surface area contributed by atoms with Crippen LogP contribution in [0.2, 0.25) is 0 Å². The minimum atomic E-state index is 0.292. The fourth-order valence-corrected chi connectivity index (χ4v) is 2.98. The fourth-order valence-electron chi connectivity index (χ4n) is 2.98. The van der Waals surface area contributed by atoms with Gasteiger partial charge in [-0.2, -0.15) is 4.98 Å². The van der Waals surface area contributed by atoms with Crippen LogP contribution in [0.25, 0.3) is 0 Å². The van der Waals surface area contributed by atoms with Gasteiger partial charge < -0.3 is 15.1 Å². The Morgan fingerprint density at radius 1 is 1.17 bits per heavy atom. The van der Waals surface area contributed by atoms with Gasteiger partial charge in [-0.05, 0) is 38.8 Å². The highest BCUT2D eigenvalue weighted by Gasteiger charge is 2.22. The number of nitrogens with one attached hydrogen (secondary N) is 1. The number of hydrogen-bond acceptors (Lipinski definition) is 7. The summed E-state index contributed by atoms with van der Waals surface area (Å²) >= 11 is 0. The van der Waals surface area contributed by atoms with Gasteiger partial charge in [0.15, 0.2) is 0 Å². The fraction of sp³-hybridized carbons (Fsp3) is 0.529. The number of aromatic nitrogens is 4. The van der Waals surface area contributed by atoms with E-state index in [-0.39, 0.29) is 0 Å². The van der Waals surface area contributed by atoms with E-state index in [1.54, 1.807) is 6.20 Å². The van der Waals surface area contributed by atoms with Crippen LogP contribution in [0.15, 0.2) is 18.3 Å². The largest absolute Gasteiger partial charge is 0.363 e. The van der Waals surface area contributed by atoms with Gasteiger partial charge in [-0.3, -0.25) is 0 Å². The molecule has 0 saturated carbocycles. The molecule has 1 atom stereocenters. The Balaban J connectivity index is 1.70. The molecule has 128 valence electrons. The SMILES string of the molecule is Cc1cc(C)nc(N2CCCC(Nc3nccc(N(C)C)n3)C2)n1. The van der Waals surface area contributed by atoms with Crippen LogP contribution in [0.4, 0.5) is 17.7 Å². The van der Waals surface area contributed by atoms with E-state index in [1.165, 1.54) is 0 Å². The van der Waals surface area contributed by atoms with Crippen LogP contribution in [-0.2, 0) is 0 Å². The molecule has 0 bridgehead atoms. The Hall–Kier alpha value is -2.44. The Morgan fingerprint density at radius 2 is 1.92 bits per heavy atom. The second-order valence-electron chi connectivity index (χ2n) is 6.51. The molecule has 24 heavy (non-hydrogen) atoms. The number of nitrogens with zero attached hydrogens (tertiary/aromatic N) is 6. The highest BCUT2D eigenvalue weighted by Crippen LogP contribution is 2.19. The van der Waals surface area contributed by atoms with E-state index in [1.807, 2.05) is 45.0 Å². The first-order chi connectivity index (χ1) is 11.5. The summed E-state index contributed by atoms with van der Waals surface area (Å²) in [6.07, 6.45) is 3.98. The lowest BCUT2D eigenvalue weighted by Gasteiger charge is -2.33. The van der Waals surface area contributed by atoms with Crippen LogP contribution in [0.1, 0.15) is 24.2 Å². The Morgan fingerprint density at radius 3 is 2.62 bits per heavy atom. The van der Waals surface area contributed by atoms with Gasteiger partial charge in [-0.15, -0.1) is 0 Å². The molecule has 1 aliphatic heterocycles. The predicted molar refractivity (Wildman–Crippen MR) is 96.7 cm³/mol. The summed E-state index contributed by atoms with van der Waals surface area (Å²) in [6, 6.07) is 4.20. The molecule has 7 nitrogen and oxygen atoms in total. The molecule has 1 unspecified atom stereocenters. The van der Waals surface area contributed by atoms with Crippen LogP contribution in [0, 0.1) is 13.8 Å². The average molecular weight is 327 g/mol. The van der Waals surface area contributed by atoms with Crippen molar-refractivity contribution < 1.29 is 0 Å². The molecule has 0 aromatic carbocycles. The van der Waals surface area contributed by atoms with Crippen molar-refractivity contribution >= 4 is 17.7 Å². The zero-order valence-electron chi connectivity index (χ0n) is 14.8. The summed E-state index contributed by atoms with van der Waals surface area (Å²) in [5.74, 6) is 2.40. The third-order valence-electron chi connectivity index (χ3n) is 4.11.